The number of methoxy groups -OCH3 is 1. The Hall–Kier alpha value is -3.19. The van der Waals surface area contributed by atoms with Crippen LogP contribution in [0.2, 0.25) is 0 Å². The van der Waals surface area contributed by atoms with Crippen molar-refractivity contribution in [2.45, 2.75) is 50.8 Å². The summed E-state index contributed by atoms with van der Waals surface area (Å²) in [6, 6.07) is 11.5. The normalized spacial score (nSPS) is 17.4. The van der Waals surface area contributed by atoms with Crippen molar-refractivity contribution in [3.63, 3.8) is 0 Å². The maximum Gasteiger partial charge on any atom is 0.256 e. The Balaban J connectivity index is 1.95. The number of nitrogens with one attached hydrogen (secondary N) is 2. The maximum atomic E-state index is 13.4. The number of aliphatic imine (C=N–C) groups is 1. The van der Waals surface area contributed by atoms with E-state index in [1.807, 2.05) is 32.0 Å². The number of hydrogen-bond donors (Lipinski definition) is 3. The van der Waals surface area contributed by atoms with Crippen molar-refractivity contribution in [1.82, 2.24) is 9.62 Å². The highest BCUT2D eigenvalue weighted by Gasteiger charge is 2.39. The molecule has 0 fully saturated rings. The predicted octanol–water partition coefficient (Wildman–Crippen LogP) is 3.48. The van der Waals surface area contributed by atoms with Crippen molar-refractivity contribution in [1.29, 1.82) is 0 Å². The molecule has 3 rings (SSSR count). The number of thioether (sulfide) groups is 1. The van der Waals surface area contributed by atoms with Crippen LogP contribution in [-0.2, 0) is 24.3 Å². The molecular formula is C28H37N5O5S2. The van der Waals surface area contributed by atoms with Crippen LogP contribution in [0.4, 0.5) is 11.4 Å². The summed E-state index contributed by atoms with van der Waals surface area (Å²) in [5, 5.41) is 4.98. The average molecular weight is 588 g/mol. The zero-order valence-corrected chi connectivity index (χ0v) is 25.3. The lowest BCUT2D eigenvalue weighted by Crippen LogP contribution is -2.38. The second-order valence-corrected chi connectivity index (χ2v) is 12.5. The van der Waals surface area contributed by atoms with E-state index < -0.39 is 27.1 Å². The molecule has 2 aromatic carbocycles. The van der Waals surface area contributed by atoms with Gasteiger partial charge in [-0.25, -0.2) is 13.4 Å². The molecule has 40 heavy (non-hydrogen) atoms. The smallest absolute Gasteiger partial charge is 0.256 e. The topological polar surface area (TPSA) is 143 Å². The van der Waals surface area contributed by atoms with Gasteiger partial charge in [-0.1, -0.05) is 49.4 Å². The first-order valence-corrected chi connectivity index (χ1v) is 15.3. The van der Waals surface area contributed by atoms with Gasteiger partial charge in [0.2, 0.25) is 15.9 Å². The molecule has 10 nitrogen and oxygen atoms in total. The lowest BCUT2D eigenvalue weighted by Gasteiger charge is -2.19. The van der Waals surface area contributed by atoms with E-state index in [4.69, 9.17) is 15.5 Å². The molecule has 0 saturated carbocycles. The fraction of sp³-hybridized carbons (Fsp3) is 0.393. The number of nitrogens with zero attached hydrogens (tertiary/aromatic N) is 2. The number of carbonyl (C=O) groups is 2. The zero-order chi connectivity index (χ0) is 29.6. The lowest BCUT2D eigenvalue weighted by atomic mass is 10.1. The van der Waals surface area contributed by atoms with Gasteiger partial charge in [0.05, 0.1) is 22.8 Å². The third-order valence-electron chi connectivity index (χ3n) is 6.29. The van der Waals surface area contributed by atoms with Gasteiger partial charge < -0.3 is 21.1 Å². The number of ether oxygens (including phenoxy) is 1. The first-order chi connectivity index (χ1) is 18.9. The third-order valence-corrected chi connectivity index (χ3v) is 9.56. The molecule has 1 aliphatic rings. The van der Waals surface area contributed by atoms with Crippen molar-refractivity contribution in [3.8, 4) is 0 Å². The van der Waals surface area contributed by atoms with Crippen LogP contribution in [0.5, 0.6) is 0 Å². The Morgan fingerprint density at radius 3 is 2.48 bits per heavy atom. The number of rotatable bonds is 11. The predicted molar refractivity (Wildman–Crippen MR) is 160 cm³/mol. The number of hydrogen-bond acceptors (Lipinski definition) is 8. The Morgan fingerprint density at radius 1 is 1.15 bits per heavy atom. The molecule has 0 radical (unpaired) electrons. The molecule has 4 N–H and O–H groups in total. The van der Waals surface area contributed by atoms with Gasteiger partial charge in [0.1, 0.15) is 10.3 Å². The molecule has 2 aromatic rings. The molecule has 2 amide bonds. The first kappa shape index (κ1) is 31.3. The molecule has 0 aliphatic carbocycles. The van der Waals surface area contributed by atoms with Crippen molar-refractivity contribution >= 4 is 50.0 Å². The fourth-order valence-corrected chi connectivity index (χ4v) is 6.89. The quantitative estimate of drug-likeness (QED) is 0.365. The van der Waals surface area contributed by atoms with Crippen molar-refractivity contribution in [2.75, 3.05) is 32.1 Å². The summed E-state index contributed by atoms with van der Waals surface area (Å²) in [5.41, 5.74) is 9.58. The monoisotopic (exact) mass is 587 g/mol. The van der Waals surface area contributed by atoms with Gasteiger partial charge >= 0.3 is 0 Å². The summed E-state index contributed by atoms with van der Waals surface area (Å²) in [4.78, 5) is 31.5. The molecule has 2 atom stereocenters. The van der Waals surface area contributed by atoms with Gasteiger partial charge in [-0.05, 0) is 50.6 Å². The maximum absolute atomic E-state index is 13.4. The van der Waals surface area contributed by atoms with Crippen molar-refractivity contribution in [2.24, 2.45) is 10.7 Å². The minimum atomic E-state index is -3.72. The van der Waals surface area contributed by atoms with Gasteiger partial charge in [-0.3, -0.25) is 9.59 Å². The van der Waals surface area contributed by atoms with Crippen LogP contribution in [0.15, 0.2) is 63.6 Å². The van der Waals surface area contributed by atoms with Crippen molar-refractivity contribution in [3.05, 3.63) is 64.9 Å². The highest BCUT2D eigenvalue weighted by Crippen LogP contribution is 2.36. The fourth-order valence-electron chi connectivity index (χ4n) is 4.28. The Bertz CT molecular complexity index is 1430. The number of amides is 2. The first-order valence-electron chi connectivity index (χ1n) is 13.0. The minimum absolute atomic E-state index is 0.0695. The van der Waals surface area contributed by atoms with E-state index in [0.717, 1.165) is 22.9 Å². The summed E-state index contributed by atoms with van der Waals surface area (Å²) in [5.74, 6) is -0.957. The summed E-state index contributed by atoms with van der Waals surface area (Å²) >= 11 is 1.07. The van der Waals surface area contributed by atoms with E-state index in [1.54, 1.807) is 32.9 Å². The van der Waals surface area contributed by atoms with Crippen LogP contribution >= 0.6 is 11.8 Å². The number of carbonyl (C=O) groups excluding carboxylic acids is 2. The Labute approximate surface area is 240 Å². The van der Waals surface area contributed by atoms with E-state index in [0.29, 0.717) is 36.1 Å². The van der Waals surface area contributed by atoms with Gasteiger partial charge in [0.15, 0.2) is 0 Å². The van der Waals surface area contributed by atoms with Gasteiger partial charge in [0, 0.05) is 37.6 Å². The van der Waals surface area contributed by atoms with Gasteiger partial charge in [0.25, 0.3) is 5.91 Å². The number of benzene rings is 2. The molecule has 216 valence electrons. The van der Waals surface area contributed by atoms with E-state index in [2.05, 4.69) is 10.6 Å². The van der Waals surface area contributed by atoms with Gasteiger partial charge in [-0.2, -0.15) is 4.31 Å². The van der Waals surface area contributed by atoms with Crippen LogP contribution in [0, 0.1) is 13.8 Å². The number of aryl methyl sites for hydroxylation is 2. The summed E-state index contributed by atoms with van der Waals surface area (Å²) in [7, 11) is -2.18. The zero-order valence-electron chi connectivity index (χ0n) is 23.6. The number of sulfonamides is 1. The van der Waals surface area contributed by atoms with Crippen LogP contribution in [0.3, 0.4) is 0 Å². The van der Waals surface area contributed by atoms with E-state index >= 15 is 0 Å². The molecule has 0 bridgehead atoms. The molecule has 1 aliphatic heterocycles. The summed E-state index contributed by atoms with van der Waals surface area (Å²) in [6.07, 6.45) is 0. The molecule has 0 spiro atoms. The second-order valence-electron chi connectivity index (χ2n) is 9.47. The molecule has 1 heterocycles. The van der Waals surface area contributed by atoms with E-state index in [-0.39, 0.29) is 22.2 Å². The summed E-state index contributed by atoms with van der Waals surface area (Å²) < 4.78 is 32.4. The minimum Gasteiger partial charge on any atom is -0.400 e. The van der Waals surface area contributed by atoms with Crippen LogP contribution in [0.1, 0.15) is 31.9 Å². The number of anilines is 1. The third kappa shape index (κ3) is 7.11. The van der Waals surface area contributed by atoms with Crippen LogP contribution < -0.4 is 16.4 Å². The highest BCUT2D eigenvalue weighted by atomic mass is 32.2. The standard InChI is InChI=1S/C28H37N5O5S2/c1-7-33(8-2)40(36,37)21-11-9-10-20(15-21)31-27(35)25-24(29)23(26(34)30-19(5)16-38-6)28(39-25)32-22-13-12-17(3)14-18(22)4/h9-15,19,25H,7-8,16,29H2,1-6H3,(H,30,34)(H,31,35)/t19-,25+/m0/s1. The molecule has 0 saturated heterocycles. The van der Waals surface area contributed by atoms with Gasteiger partial charge in [-0.15, -0.1) is 0 Å². The van der Waals surface area contributed by atoms with E-state index in [1.165, 1.54) is 23.5 Å². The average Bonchev–Trinajstić information content (AvgIpc) is 3.22. The second kappa shape index (κ2) is 13.4. The Morgan fingerprint density at radius 2 is 1.85 bits per heavy atom. The molecule has 12 heteroatoms. The lowest BCUT2D eigenvalue weighted by molar-refractivity contribution is -0.117. The van der Waals surface area contributed by atoms with Crippen molar-refractivity contribution < 1.29 is 22.7 Å². The van der Waals surface area contributed by atoms with Crippen LogP contribution in [-0.4, -0.2) is 67.7 Å². The molecule has 0 aromatic heterocycles. The van der Waals surface area contributed by atoms with Crippen LogP contribution in [0.25, 0.3) is 0 Å². The SMILES string of the molecule is CCN(CC)S(=O)(=O)c1cccc(NC(=O)[C@@H]2SC(=Nc3ccc(C)cc3C)C(C(=O)N[C@@H](C)COC)=C2N)c1. The Kier molecular flexibility index (Phi) is 10.5. The van der Waals surface area contributed by atoms with E-state index in [9.17, 15) is 18.0 Å². The highest BCUT2D eigenvalue weighted by molar-refractivity contribution is 8.16. The largest absolute Gasteiger partial charge is 0.400 e. The molecule has 0 unspecified atom stereocenters. The molecular weight excluding hydrogens is 550 g/mol. The number of nitrogens with two attached hydrogens (primary N) is 1. The summed E-state index contributed by atoms with van der Waals surface area (Å²) in [6.45, 7) is 10.2.